The fourth-order valence-electron chi connectivity index (χ4n) is 3.74. The zero-order valence-corrected chi connectivity index (χ0v) is 24.0. The van der Waals surface area contributed by atoms with Gasteiger partial charge in [-0.05, 0) is 56.5 Å². The van der Waals surface area contributed by atoms with Gasteiger partial charge in [-0.3, -0.25) is 13.9 Å². The lowest BCUT2D eigenvalue weighted by molar-refractivity contribution is -0.140. The lowest BCUT2D eigenvalue weighted by atomic mass is 10.1. The summed E-state index contributed by atoms with van der Waals surface area (Å²) in [5.74, 6) is -0.0976. The Morgan fingerprint density at radius 1 is 1.08 bits per heavy atom. The molecule has 0 heterocycles. The molecule has 0 spiro atoms. The van der Waals surface area contributed by atoms with Crippen molar-refractivity contribution in [3.8, 4) is 5.75 Å². The van der Waals surface area contributed by atoms with E-state index in [9.17, 15) is 18.0 Å². The van der Waals surface area contributed by atoms with E-state index in [4.69, 9.17) is 27.9 Å². The van der Waals surface area contributed by atoms with Gasteiger partial charge in [0.2, 0.25) is 21.8 Å². The minimum Gasteiger partial charge on any atom is -0.492 e. The van der Waals surface area contributed by atoms with Gasteiger partial charge in [-0.25, -0.2) is 8.42 Å². The van der Waals surface area contributed by atoms with Gasteiger partial charge in [-0.2, -0.15) is 0 Å². The number of amides is 2. The predicted molar refractivity (Wildman–Crippen MR) is 149 cm³/mol. The second kappa shape index (κ2) is 14.4. The first-order valence-corrected chi connectivity index (χ1v) is 14.8. The average molecular weight is 573 g/mol. The molecule has 0 aromatic heterocycles. The van der Waals surface area contributed by atoms with Crippen molar-refractivity contribution in [2.75, 3.05) is 30.3 Å². The molecule has 1 N–H and O–H groups in total. The number of benzene rings is 2. The van der Waals surface area contributed by atoms with Gasteiger partial charge in [0.15, 0.2) is 0 Å². The molecule has 0 saturated carbocycles. The van der Waals surface area contributed by atoms with Crippen LogP contribution in [0.3, 0.4) is 0 Å². The van der Waals surface area contributed by atoms with E-state index in [1.54, 1.807) is 49.4 Å². The van der Waals surface area contributed by atoms with Gasteiger partial charge >= 0.3 is 0 Å². The molecule has 8 nitrogen and oxygen atoms in total. The van der Waals surface area contributed by atoms with E-state index in [2.05, 4.69) is 5.32 Å². The Kier molecular flexibility index (Phi) is 12.0. The van der Waals surface area contributed by atoms with E-state index in [-0.39, 0.29) is 37.7 Å². The second-order valence-electron chi connectivity index (χ2n) is 8.58. The van der Waals surface area contributed by atoms with Crippen LogP contribution < -0.4 is 14.4 Å². The molecule has 11 heteroatoms. The number of hydrogen-bond acceptors (Lipinski definition) is 5. The summed E-state index contributed by atoms with van der Waals surface area (Å²) in [6.07, 6.45) is 2.17. The number of nitrogens with zero attached hydrogens (tertiary/aromatic N) is 2. The van der Waals surface area contributed by atoms with Crippen molar-refractivity contribution in [1.82, 2.24) is 10.2 Å². The highest BCUT2D eigenvalue weighted by Gasteiger charge is 2.27. The number of anilines is 1. The molecular formula is C26H35Cl2N3O5S. The Labute approximate surface area is 229 Å². The largest absolute Gasteiger partial charge is 0.492 e. The third-order valence-electron chi connectivity index (χ3n) is 5.64. The number of nitrogens with one attached hydrogen (secondary N) is 1. The second-order valence-corrected chi connectivity index (χ2v) is 11.3. The molecule has 2 aromatic rings. The Morgan fingerprint density at radius 3 is 2.41 bits per heavy atom. The summed E-state index contributed by atoms with van der Waals surface area (Å²) in [4.78, 5) is 27.5. The van der Waals surface area contributed by atoms with Crippen LogP contribution >= 0.6 is 23.2 Å². The maximum Gasteiger partial charge on any atom is 0.242 e. The highest BCUT2D eigenvalue weighted by atomic mass is 35.5. The van der Waals surface area contributed by atoms with Crippen LogP contribution in [0.5, 0.6) is 5.75 Å². The van der Waals surface area contributed by atoms with Crippen LogP contribution in [0.4, 0.5) is 5.69 Å². The van der Waals surface area contributed by atoms with Crippen LogP contribution in [-0.2, 0) is 26.2 Å². The van der Waals surface area contributed by atoms with Crippen LogP contribution in [0.15, 0.2) is 42.5 Å². The molecule has 2 aromatic carbocycles. The number of para-hydroxylation sites is 2. The Bertz CT molecular complexity index is 1180. The van der Waals surface area contributed by atoms with Crippen molar-refractivity contribution in [2.24, 2.45) is 0 Å². The quantitative estimate of drug-likeness (QED) is 0.348. The molecule has 0 unspecified atom stereocenters. The van der Waals surface area contributed by atoms with Crippen molar-refractivity contribution in [2.45, 2.75) is 52.6 Å². The molecule has 0 aliphatic carbocycles. The molecule has 0 bridgehead atoms. The van der Waals surface area contributed by atoms with Gasteiger partial charge in [-0.15, -0.1) is 0 Å². The highest BCUT2D eigenvalue weighted by Crippen LogP contribution is 2.30. The van der Waals surface area contributed by atoms with Crippen molar-refractivity contribution >= 4 is 50.7 Å². The summed E-state index contributed by atoms with van der Waals surface area (Å²) >= 11 is 12.2. The summed E-state index contributed by atoms with van der Waals surface area (Å²) in [6, 6.07) is 11.2. The van der Waals surface area contributed by atoms with E-state index in [1.807, 2.05) is 13.8 Å². The number of hydrogen-bond donors (Lipinski definition) is 1. The number of sulfonamides is 1. The molecule has 0 fully saturated rings. The van der Waals surface area contributed by atoms with E-state index < -0.39 is 16.1 Å². The van der Waals surface area contributed by atoms with Gasteiger partial charge in [0.1, 0.15) is 11.8 Å². The monoisotopic (exact) mass is 571 g/mol. The van der Waals surface area contributed by atoms with Crippen LogP contribution in [0, 0.1) is 0 Å². The van der Waals surface area contributed by atoms with Crippen molar-refractivity contribution in [3.63, 3.8) is 0 Å². The van der Waals surface area contributed by atoms with E-state index >= 15 is 0 Å². The van der Waals surface area contributed by atoms with Crippen molar-refractivity contribution in [1.29, 1.82) is 0 Å². The first-order valence-electron chi connectivity index (χ1n) is 12.2. The molecule has 0 radical (unpaired) electrons. The summed E-state index contributed by atoms with van der Waals surface area (Å²) in [5.41, 5.74) is 1.14. The molecule has 1 atom stereocenters. The number of halogens is 2. The molecule has 2 rings (SSSR count). The van der Waals surface area contributed by atoms with Crippen molar-refractivity contribution < 1.29 is 22.7 Å². The number of carbonyl (C=O) groups excluding carboxylic acids is 2. The Morgan fingerprint density at radius 2 is 1.78 bits per heavy atom. The molecule has 0 aliphatic rings. The van der Waals surface area contributed by atoms with Crippen LogP contribution in [0.2, 0.25) is 10.0 Å². The summed E-state index contributed by atoms with van der Waals surface area (Å²) in [7, 11) is -3.64. The summed E-state index contributed by atoms with van der Waals surface area (Å²) < 4.78 is 32.0. The summed E-state index contributed by atoms with van der Waals surface area (Å²) in [6.45, 7) is 6.54. The number of carbonyl (C=O) groups is 2. The highest BCUT2D eigenvalue weighted by molar-refractivity contribution is 7.92. The fraction of sp³-hybridized carbons (Fsp3) is 0.462. The molecule has 204 valence electrons. The molecule has 2 amide bonds. The van der Waals surface area contributed by atoms with Gasteiger partial charge in [0, 0.05) is 26.1 Å². The number of rotatable bonds is 14. The zero-order chi connectivity index (χ0) is 27.6. The van der Waals surface area contributed by atoms with Gasteiger partial charge in [0.25, 0.3) is 0 Å². The third-order valence-corrected chi connectivity index (χ3v) is 7.56. The van der Waals surface area contributed by atoms with E-state index in [0.29, 0.717) is 34.6 Å². The smallest absolute Gasteiger partial charge is 0.242 e. The van der Waals surface area contributed by atoms with Gasteiger partial charge < -0.3 is 15.0 Å². The van der Waals surface area contributed by atoms with Crippen LogP contribution in [0.25, 0.3) is 0 Å². The van der Waals surface area contributed by atoms with Crippen LogP contribution in [0.1, 0.15) is 45.6 Å². The molecular weight excluding hydrogens is 537 g/mol. The molecule has 37 heavy (non-hydrogen) atoms. The normalized spacial score (nSPS) is 12.1. The molecule has 0 aliphatic heterocycles. The van der Waals surface area contributed by atoms with E-state index in [1.165, 1.54) is 9.21 Å². The minimum atomic E-state index is -3.64. The first kappa shape index (κ1) is 30.7. The zero-order valence-electron chi connectivity index (χ0n) is 21.7. The summed E-state index contributed by atoms with van der Waals surface area (Å²) in [5, 5.41) is 3.57. The number of ether oxygens (including phenoxy) is 1. The maximum absolute atomic E-state index is 13.4. The maximum atomic E-state index is 13.4. The van der Waals surface area contributed by atoms with Gasteiger partial charge in [-0.1, -0.05) is 48.3 Å². The molecule has 0 saturated heterocycles. The predicted octanol–water partition coefficient (Wildman–Crippen LogP) is 4.88. The van der Waals surface area contributed by atoms with Gasteiger partial charge in [0.05, 0.1) is 28.6 Å². The average Bonchev–Trinajstić information content (AvgIpc) is 2.85. The lowest BCUT2D eigenvalue weighted by Gasteiger charge is -2.29. The van der Waals surface area contributed by atoms with Crippen molar-refractivity contribution in [3.05, 3.63) is 58.1 Å². The Hall–Kier alpha value is -2.49. The van der Waals surface area contributed by atoms with E-state index in [0.717, 1.165) is 18.2 Å². The lowest BCUT2D eigenvalue weighted by Crippen LogP contribution is -2.47. The standard InChI is InChI=1S/C26H35Cl2N3O5S/c1-5-15-29-26(33)19(3)30(18-20-13-14-21(27)22(28)17-20)25(32)12-9-16-31(37(4,34)35)23-10-7-8-11-24(23)36-6-2/h7-8,10-11,13-14,17,19H,5-6,9,12,15-16,18H2,1-4H3,(H,29,33)/t19-/m1/s1. The fourth-order valence-corrected chi connectivity index (χ4v) is 5.03. The SMILES string of the molecule is CCCNC(=O)[C@@H](C)N(Cc1ccc(Cl)c(Cl)c1)C(=O)CCCN(c1ccccc1OCC)S(C)(=O)=O. The van der Waals surface area contributed by atoms with Crippen LogP contribution in [-0.4, -0.2) is 57.1 Å². The topological polar surface area (TPSA) is 96.0 Å². The first-order chi connectivity index (χ1) is 17.5. The third kappa shape index (κ3) is 9.09. The Balaban J connectivity index is 2.22. The minimum absolute atomic E-state index is 0.0372.